The van der Waals surface area contributed by atoms with Crippen LogP contribution in [-0.4, -0.2) is 57.1 Å². The number of nitrogens with zero attached hydrogens (tertiary/aromatic N) is 2. The Labute approximate surface area is 235 Å². The number of halogens is 2. The first-order valence-corrected chi connectivity index (χ1v) is 15.3. The van der Waals surface area contributed by atoms with E-state index in [0.29, 0.717) is 21.5 Å². The summed E-state index contributed by atoms with van der Waals surface area (Å²) in [6.45, 7) is 1.97. The molecule has 0 heterocycles. The van der Waals surface area contributed by atoms with Gasteiger partial charge in [-0.25, -0.2) is 8.42 Å². The van der Waals surface area contributed by atoms with Crippen LogP contribution < -0.4 is 14.4 Å². The second-order valence-corrected chi connectivity index (χ2v) is 12.3. The molecule has 1 aliphatic carbocycles. The summed E-state index contributed by atoms with van der Waals surface area (Å²) >= 11 is 12.2. The van der Waals surface area contributed by atoms with E-state index in [-0.39, 0.29) is 43.8 Å². The normalized spacial score (nSPS) is 14.7. The minimum atomic E-state index is -3.60. The lowest BCUT2D eigenvalue weighted by Crippen LogP contribution is -2.49. The Kier molecular flexibility index (Phi) is 10.7. The maximum absolute atomic E-state index is 13.4. The van der Waals surface area contributed by atoms with Crippen molar-refractivity contribution in [1.29, 1.82) is 0 Å². The second kappa shape index (κ2) is 13.5. The Bertz CT molecular complexity index is 1230. The predicted octanol–water partition coefficient (Wildman–Crippen LogP) is 5.02. The Morgan fingerprint density at radius 1 is 1.11 bits per heavy atom. The maximum atomic E-state index is 13.4. The summed E-state index contributed by atoms with van der Waals surface area (Å²) in [6.07, 6.45) is 5.47. The van der Waals surface area contributed by atoms with Crippen LogP contribution in [0.15, 0.2) is 42.5 Å². The topological polar surface area (TPSA) is 96.0 Å². The van der Waals surface area contributed by atoms with Crippen LogP contribution in [0.25, 0.3) is 0 Å². The quantitative estimate of drug-likeness (QED) is 0.378. The SMILES string of the molecule is COc1cccc(N(CCCC(=O)N(Cc2ccc(Cl)c(Cl)c2)[C@@H](C)C(=O)NC2CCCC2)S(C)(=O)=O)c1. The fourth-order valence-electron chi connectivity index (χ4n) is 4.58. The van der Waals surface area contributed by atoms with Gasteiger partial charge < -0.3 is 15.0 Å². The largest absolute Gasteiger partial charge is 0.497 e. The number of methoxy groups -OCH3 is 1. The summed E-state index contributed by atoms with van der Waals surface area (Å²) < 4.78 is 31.5. The molecule has 0 spiro atoms. The zero-order chi connectivity index (χ0) is 27.9. The van der Waals surface area contributed by atoms with Gasteiger partial charge in [0.2, 0.25) is 21.8 Å². The number of carbonyl (C=O) groups excluding carboxylic acids is 2. The van der Waals surface area contributed by atoms with E-state index >= 15 is 0 Å². The number of amides is 2. The maximum Gasteiger partial charge on any atom is 0.242 e. The molecule has 1 N–H and O–H groups in total. The first kappa shape index (κ1) is 30.1. The van der Waals surface area contributed by atoms with E-state index in [1.165, 1.54) is 16.3 Å². The van der Waals surface area contributed by atoms with Gasteiger partial charge in [0.05, 0.1) is 29.1 Å². The third-order valence-corrected chi connectivity index (χ3v) is 8.63. The predicted molar refractivity (Wildman–Crippen MR) is 151 cm³/mol. The van der Waals surface area contributed by atoms with Gasteiger partial charge in [0.1, 0.15) is 11.8 Å². The molecule has 208 valence electrons. The molecule has 0 aliphatic heterocycles. The average Bonchev–Trinajstić information content (AvgIpc) is 3.39. The van der Waals surface area contributed by atoms with Crippen molar-refractivity contribution < 1.29 is 22.7 Å². The number of ether oxygens (including phenoxy) is 1. The lowest BCUT2D eigenvalue weighted by molar-refractivity contribution is -0.141. The summed E-state index contributed by atoms with van der Waals surface area (Å²) in [6, 6.07) is 11.3. The van der Waals surface area contributed by atoms with E-state index in [0.717, 1.165) is 37.5 Å². The molecular formula is C27H35Cl2N3O5S. The van der Waals surface area contributed by atoms with Crippen LogP contribution in [0.5, 0.6) is 5.75 Å². The molecule has 0 unspecified atom stereocenters. The third kappa shape index (κ3) is 8.25. The minimum Gasteiger partial charge on any atom is -0.497 e. The molecule has 2 aromatic rings. The smallest absolute Gasteiger partial charge is 0.242 e. The van der Waals surface area contributed by atoms with Gasteiger partial charge >= 0.3 is 0 Å². The second-order valence-electron chi connectivity index (χ2n) is 9.58. The van der Waals surface area contributed by atoms with Crippen LogP contribution >= 0.6 is 23.2 Å². The Morgan fingerprint density at radius 2 is 1.82 bits per heavy atom. The molecule has 38 heavy (non-hydrogen) atoms. The molecule has 11 heteroatoms. The van der Waals surface area contributed by atoms with E-state index in [1.54, 1.807) is 49.4 Å². The molecule has 0 saturated heterocycles. The van der Waals surface area contributed by atoms with Gasteiger partial charge in [0, 0.05) is 31.6 Å². The van der Waals surface area contributed by atoms with Crippen molar-refractivity contribution in [1.82, 2.24) is 10.2 Å². The van der Waals surface area contributed by atoms with Crippen LogP contribution in [0, 0.1) is 0 Å². The lowest BCUT2D eigenvalue weighted by Gasteiger charge is -2.30. The van der Waals surface area contributed by atoms with Crippen molar-refractivity contribution in [2.24, 2.45) is 0 Å². The van der Waals surface area contributed by atoms with Crippen LogP contribution in [0.3, 0.4) is 0 Å². The van der Waals surface area contributed by atoms with Crippen molar-refractivity contribution in [2.75, 3.05) is 24.2 Å². The van der Waals surface area contributed by atoms with Crippen LogP contribution in [-0.2, 0) is 26.2 Å². The molecule has 2 amide bonds. The number of hydrogen-bond donors (Lipinski definition) is 1. The molecule has 3 rings (SSSR count). The standard InChI is InChI=1S/C27H35Cl2N3O5S/c1-19(27(34)30-21-8-4-5-9-21)31(18-20-13-14-24(28)25(29)16-20)26(33)12-7-15-32(38(3,35)36)22-10-6-11-23(17-22)37-2/h6,10-11,13-14,16-17,19,21H,4-5,7-9,12,15,18H2,1-3H3,(H,30,34)/t19-/m0/s1. The van der Waals surface area contributed by atoms with Crippen LogP contribution in [0.4, 0.5) is 5.69 Å². The molecule has 2 aromatic carbocycles. The van der Waals surface area contributed by atoms with Crippen LogP contribution in [0.1, 0.15) is 51.0 Å². The fraction of sp³-hybridized carbons (Fsp3) is 0.481. The third-order valence-electron chi connectivity index (χ3n) is 6.70. The molecule has 1 atom stereocenters. The molecule has 1 fully saturated rings. The molecule has 0 radical (unpaired) electrons. The zero-order valence-corrected chi connectivity index (χ0v) is 24.3. The van der Waals surface area contributed by atoms with Crippen LogP contribution in [0.2, 0.25) is 10.0 Å². The van der Waals surface area contributed by atoms with E-state index < -0.39 is 16.1 Å². The molecule has 8 nitrogen and oxygen atoms in total. The number of anilines is 1. The van der Waals surface area contributed by atoms with E-state index in [4.69, 9.17) is 27.9 Å². The number of carbonyl (C=O) groups is 2. The Balaban J connectivity index is 1.74. The molecule has 0 aromatic heterocycles. The first-order valence-electron chi connectivity index (χ1n) is 12.6. The Hall–Kier alpha value is -2.49. The van der Waals surface area contributed by atoms with Gasteiger partial charge in [0.15, 0.2) is 0 Å². The molecule has 1 aliphatic rings. The Morgan fingerprint density at radius 3 is 2.45 bits per heavy atom. The van der Waals surface area contributed by atoms with Gasteiger partial charge in [-0.1, -0.05) is 48.2 Å². The van der Waals surface area contributed by atoms with Crippen molar-refractivity contribution in [3.05, 3.63) is 58.1 Å². The number of rotatable bonds is 12. The van der Waals surface area contributed by atoms with Gasteiger partial charge in [-0.2, -0.15) is 0 Å². The van der Waals surface area contributed by atoms with Gasteiger partial charge in [-0.05, 0) is 56.0 Å². The van der Waals surface area contributed by atoms with Gasteiger partial charge in [-0.15, -0.1) is 0 Å². The fourth-order valence-corrected chi connectivity index (χ4v) is 5.86. The highest BCUT2D eigenvalue weighted by Crippen LogP contribution is 2.26. The van der Waals surface area contributed by atoms with Crippen molar-refractivity contribution >= 4 is 50.7 Å². The highest BCUT2D eigenvalue weighted by molar-refractivity contribution is 7.92. The number of sulfonamides is 1. The summed E-state index contributed by atoms with van der Waals surface area (Å²) in [5, 5.41) is 3.83. The highest BCUT2D eigenvalue weighted by atomic mass is 35.5. The minimum absolute atomic E-state index is 0.0539. The van der Waals surface area contributed by atoms with Gasteiger partial charge in [0.25, 0.3) is 0 Å². The monoisotopic (exact) mass is 583 g/mol. The summed E-state index contributed by atoms with van der Waals surface area (Å²) in [5.74, 6) is 0.0609. The summed E-state index contributed by atoms with van der Waals surface area (Å²) in [5.41, 5.74) is 1.19. The van der Waals surface area contributed by atoms with E-state index in [1.807, 2.05) is 0 Å². The number of hydrogen-bond acceptors (Lipinski definition) is 5. The van der Waals surface area contributed by atoms with Crippen molar-refractivity contribution in [2.45, 2.75) is 64.1 Å². The average molecular weight is 585 g/mol. The van der Waals surface area contributed by atoms with E-state index in [9.17, 15) is 18.0 Å². The molecular weight excluding hydrogens is 549 g/mol. The van der Waals surface area contributed by atoms with Crippen molar-refractivity contribution in [3.63, 3.8) is 0 Å². The number of nitrogens with one attached hydrogen (secondary N) is 1. The molecule has 1 saturated carbocycles. The summed E-state index contributed by atoms with van der Waals surface area (Å²) in [4.78, 5) is 28.0. The first-order chi connectivity index (χ1) is 18.0. The summed E-state index contributed by atoms with van der Waals surface area (Å²) in [7, 11) is -2.09. The zero-order valence-electron chi connectivity index (χ0n) is 22.0. The van der Waals surface area contributed by atoms with E-state index in [2.05, 4.69) is 5.32 Å². The molecule has 0 bridgehead atoms. The number of benzene rings is 2. The van der Waals surface area contributed by atoms with Gasteiger partial charge in [-0.3, -0.25) is 13.9 Å². The van der Waals surface area contributed by atoms with Crippen molar-refractivity contribution in [3.8, 4) is 5.75 Å². The lowest BCUT2D eigenvalue weighted by atomic mass is 10.1. The highest BCUT2D eigenvalue weighted by Gasteiger charge is 2.29.